The van der Waals surface area contributed by atoms with Crippen LogP contribution in [0.2, 0.25) is 5.02 Å². The summed E-state index contributed by atoms with van der Waals surface area (Å²) in [6.45, 7) is 2.22. The Kier molecular flexibility index (Phi) is 4.84. The van der Waals surface area contributed by atoms with E-state index in [-0.39, 0.29) is 23.3 Å². The summed E-state index contributed by atoms with van der Waals surface area (Å²) in [6.07, 6.45) is 4.50. The predicted octanol–water partition coefficient (Wildman–Crippen LogP) is 3.32. The largest absolute Gasteiger partial charge is 0.383 e. The van der Waals surface area contributed by atoms with Crippen molar-refractivity contribution >= 4 is 28.2 Å². The van der Waals surface area contributed by atoms with Crippen LogP contribution >= 0.6 is 11.6 Å². The molecule has 4 aromatic rings. The Morgan fingerprint density at radius 2 is 2.10 bits per heavy atom. The zero-order valence-electron chi connectivity index (χ0n) is 17.2. The van der Waals surface area contributed by atoms with Gasteiger partial charge >= 0.3 is 0 Å². The molecule has 1 aliphatic carbocycles. The van der Waals surface area contributed by atoms with Crippen molar-refractivity contribution in [1.29, 1.82) is 0 Å². The first kappa shape index (κ1) is 20.2. The normalized spacial score (nSPS) is 17.0. The lowest BCUT2D eigenvalue weighted by molar-refractivity contribution is 0.0112. The number of aromatic nitrogens is 5. The fourth-order valence-corrected chi connectivity index (χ4v) is 4.73. The molecule has 3 heterocycles. The quantitative estimate of drug-likeness (QED) is 0.504. The summed E-state index contributed by atoms with van der Waals surface area (Å²) < 4.78 is 14.0. The first-order valence-electron chi connectivity index (χ1n) is 10.2. The molecule has 1 atom stereocenters. The van der Waals surface area contributed by atoms with Crippen molar-refractivity contribution in [3.05, 3.63) is 45.8 Å². The molecule has 5 rings (SSSR count). The summed E-state index contributed by atoms with van der Waals surface area (Å²) in [4.78, 5) is 22.5. The fourth-order valence-electron chi connectivity index (χ4n) is 4.47. The number of methoxy groups -OCH3 is 1. The molecule has 0 spiro atoms. The fraction of sp³-hybridized carbons (Fsp3) is 0.429. The molecule has 1 fully saturated rings. The van der Waals surface area contributed by atoms with Crippen LogP contribution < -0.4 is 5.56 Å². The lowest BCUT2D eigenvalue weighted by Gasteiger charge is -2.19. The maximum absolute atomic E-state index is 13.6. The Bertz CT molecular complexity index is 1340. The Morgan fingerprint density at radius 3 is 2.84 bits per heavy atom. The van der Waals surface area contributed by atoms with Crippen LogP contribution in [0.5, 0.6) is 0 Å². The Labute approximate surface area is 182 Å². The first-order valence-corrected chi connectivity index (χ1v) is 10.6. The van der Waals surface area contributed by atoms with Crippen molar-refractivity contribution in [3.63, 3.8) is 0 Å². The van der Waals surface area contributed by atoms with Gasteiger partial charge in [-0.15, -0.1) is 0 Å². The minimum atomic E-state index is -1.12. The molecule has 1 N–H and O–H groups in total. The van der Waals surface area contributed by atoms with Gasteiger partial charge in [0.2, 0.25) is 5.82 Å². The molecule has 1 unspecified atom stereocenters. The number of nitrogens with zero attached hydrogens (tertiary/aromatic N) is 5. The maximum atomic E-state index is 13.6. The molecular formula is C21H22ClN5O4. The van der Waals surface area contributed by atoms with E-state index in [2.05, 4.69) is 15.1 Å². The van der Waals surface area contributed by atoms with Gasteiger partial charge in [0, 0.05) is 7.11 Å². The molecule has 1 aliphatic rings. The van der Waals surface area contributed by atoms with E-state index in [1.54, 1.807) is 28.5 Å². The van der Waals surface area contributed by atoms with Crippen LogP contribution in [0.25, 0.3) is 28.1 Å². The van der Waals surface area contributed by atoms with Crippen LogP contribution in [-0.2, 0) is 10.3 Å². The van der Waals surface area contributed by atoms with Crippen LogP contribution in [-0.4, -0.2) is 42.9 Å². The molecule has 10 heteroatoms. The van der Waals surface area contributed by atoms with Gasteiger partial charge in [0.15, 0.2) is 0 Å². The number of aliphatic hydroxyl groups is 1. The number of rotatable bonds is 5. The number of halogens is 1. The monoisotopic (exact) mass is 443 g/mol. The second kappa shape index (κ2) is 7.44. The number of benzene rings is 1. The lowest BCUT2D eigenvalue weighted by Crippen LogP contribution is -2.28. The van der Waals surface area contributed by atoms with Gasteiger partial charge in [0.05, 0.1) is 28.7 Å². The topological polar surface area (TPSA) is 108 Å². The standard InChI is InChI=1S/C21H22ClN5O4/c1-12(10-30-2)27-16-13(22)6-5-7-14(16)26-11-23-15(17(26)19(27)28)18-24-20(31-25-18)21(29)8-3-4-9-21/h5-7,11-12,29H,3-4,8-10H2,1-2H3. The smallest absolute Gasteiger partial charge is 0.278 e. The highest BCUT2D eigenvalue weighted by molar-refractivity contribution is 6.35. The molecule has 31 heavy (non-hydrogen) atoms. The van der Waals surface area contributed by atoms with Gasteiger partial charge in [-0.25, -0.2) is 4.98 Å². The molecule has 162 valence electrons. The highest BCUT2D eigenvalue weighted by atomic mass is 35.5. The zero-order chi connectivity index (χ0) is 21.8. The van der Waals surface area contributed by atoms with Crippen molar-refractivity contribution in [2.75, 3.05) is 13.7 Å². The van der Waals surface area contributed by atoms with E-state index in [0.717, 1.165) is 18.4 Å². The highest BCUT2D eigenvalue weighted by Crippen LogP contribution is 2.38. The lowest BCUT2D eigenvalue weighted by atomic mass is 10.0. The van der Waals surface area contributed by atoms with E-state index in [9.17, 15) is 9.90 Å². The second-order valence-corrected chi connectivity index (χ2v) is 8.47. The Morgan fingerprint density at radius 1 is 1.32 bits per heavy atom. The third-order valence-electron chi connectivity index (χ3n) is 5.97. The molecular weight excluding hydrogens is 422 g/mol. The summed E-state index contributed by atoms with van der Waals surface area (Å²) in [5.74, 6) is 0.334. The van der Waals surface area contributed by atoms with Crippen molar-refractivity contribution in [3.8, 4) is 11.5 Å². The van der Waals surface area contributed by atoms with Crippen LogP contribution in [0, 0.1) is 0 Å². The van der Waals surface area contributed by atoms with Crippen LogP contribution in [0.15, 0.2) is 33.8 Å². The van der Waals surface area contributed by atoms with Gasteiger partial charge in [-0.2, -0.15) is 4.98 Å². The van der Waals surface area contributed by atoms with Crippen molar-refractivity contribution in [1.82, 2.24) is 24.1 Å². The van der Waals surface area contributed by atoms with Gasteiger partial charge in [-0.1, -0.05) is 22.8 Å². The number of fused-ring (bicyclic) bond motifs is 3. The summed E-state index contributed by atoms with van der Waals surface area (Å²) in [5.41, 5.74) is 0.522. The van der Waals surface area contributed by atoms with E-state index in [4.69, 9.17) is 20.9 Å². The summed E-state index contributed by atoms with van der Waals surface area (Å²) in [5, 5.41) is 15.3. The molecule has 0 radical (unpaired) electrons. The third-order valence-corrected chi connectivity index (χ3v) is 6.28. The van der Waals surface area contributed by atoms with E-state index < -0.39 is 5.60 Å². The third kappa shape index (κ3) is 3.07. The number of para-hydroxylation sites is 1. The molecule has 1 aromatic carbocycles. The van der Waals surface area contributed by atoms with Crippen molar-refractivity contribution < 1.29 is 14.4 Å². The molecule has 0 bridgehead atoms. The molecule has 3 aromatic heterocycles. The number of hydrogen-bond donors (Lipinski definition) is 1. The van der Waals surface area contributed by atoms with Crippen molar-refractivity contribution in [2.24, 2.45) is 0 Å². The van der Waals surface area contributed by atoms with Crippen LogP contribution in [0.3, 0.4) is 0 Å². The minimum absolute atomic E-state index is 0.165. The summed E-state index contributed by atoms with van der Waals surface area (Å²) >= 11 is 6.49. The van der Waals surface area contributed by atoms with Gasteiger partial charge in [0.1, 0.15) is 23.1 Å². The first-order chi connectivity index (χ1) is 14.9. The predicted molar refractivity (Wildman–Crippen MR) is 114 cm³/mol. The second-order valence-electron chi connectivity index (χ2n) is 8.06. The summed E-state index contributed by atoms with van der Waals surface area (Å²) in [6, 6.07) is 5.17. The van der Waals surface area contributed by atoms with E-state index in [1.165, 1.54) is 0 Å². The number of ether oxygens (including phenoxy) is 1. The van der Waals surface area contributed by atoms with E-state index in [1.807, 2.05) is 19.1 Å². The van der Waals surface area contributed by atoms with Crippen molar-refractivity contribution in [2.45, 2.75) is 44.2 Å². The SMILES string of the molecule is COCC(C)n1c(=O)c2c(-c3noc(C4(O)CCCC4)n3)ncn2c2cccc(Cl)c21. The molecule has 1 saturated carbocycles. The Hall–Kier alpha value is -2.75. The molecule has 0 amide bonds. The Balaban J connectivity index is 1.76. The number of imidazole rings is 1. The van der Waals surface area contributed by atoms with Gasteiger partial charge < -0.3 is 14.4 Å². The van der Waals surface area contributed by atoms with Crippen LogP contribution in [0.1, 0.15) is 44.5 Å². The van der Waals surface area contributed by atoms with Crippen LogP contribution in [0.4, 0.5) is 0 Å². The van der Waals surface area contributed by atoms with Gasteiger partial charge in [0.25, 0.3) is 11.4 Å². The van der Waals surface area contributed by atoms with Gasteiger partial charge in [-0.05, 0) is 44.7 Å². The average molecular weight is 444 g/mol. The zero-order valence-corrected chi connectivity index (χ0v) is 18.0. The maximum Gasteiger partial charge on any atom is 0.278 e. The molecule has 0 saturated heterocycles. The number of hydrogen-bond acceptors (Lipinski definition) is 7. The molecule has 0 aliphatic heterocycles. The highest BCUT2D eigenvalue weighted by Gasteiger charge is 2.39. The minimum Gasteiger partial charge on any atom is -0.383 e. The average Bonchev–Trinajstić information content (AvgIpc) is 3.48. The molecule has 9 nitrogen and oxygen atoms in total. The van der Waals surface area contributed by atoms with Gasteiger partial charge in [-0.3, -0.25) is 13.8 Å². The van der Waals surface area contributed by atoms with E-state index >= 15 is 0 Å². The van der Waals surface area contributed by atoms with E-state index in [0.29, 0.717) is 41.2 Å². The summed E-state index contributed by atoms with van der Waals surface area (Å²) in [7, 11) is 1.59.